The zero-order valence-electron chi connectivity index (χ0n) is 15.4. The fraction of sp³-hybridized carbons (Fsp3) is 0.250. The largest absolute Gasteiger partial charge is 0.416 e. The zero-order chi connectivity index (χ0) is 20.3. The van der Waals surface area contributed by atoms with Crippen LogP contribution in [0.4, 0.5) is 13.2 Å². The lowest BCUT2D eigenvalue weighted by molar-refractivity contribution is -0.137. The topological polar surface area (TPSA) is 51.0 Å². The summed E-state index contributed by atoms with van der Waals surface area (Å²) in [4.78, 5) is 18.0. The van der Waals surface area contributed by atoms with E-state index in [-0.39, 0.29) is 18.4 Å². The molecule has 0 aliphatic rings. The molecule has 0 unspecified atom stereocenters. The smallest absolute Gasteiger partial charge is 0.339 e. The molecule has 28 heavy (non-hydrogen) atoms. The molecule has 0 radical (unpaired) electrons. The molecule has 146 valence electrons. The maximum atomic E-state index is 12.6. The molecule has 0 saturated carbocycles. The molecule has 3 rings (SSSR count). The molecule has 1 atom stereocenters. The van der Waals surface area contributed by atoms with E-state index in [2.05, 4.69) is 10.1 Å². The molecule has 3 aromatic rings. The Labute approximate surface area is 160 Å². The maximum Gasteiger partial charge on any atom is 0.416 e. The summed E-state index contributed by atoms with van der Waals surface area (Å²) in [6.45, 7) is 1.90. The number of alkyl halides is 3. The van der Waals surface area contributed by atoms with E-state index in [4.69, 9.17) is 0 Å². The Morgan fingerprint density at radius 3 is 2.29 bits per heavy atom. The first-order valence-corrected chi connectivity index (χ1v) is 8.62. The highest BCUT2D eigenvalue weighted by Crippen LogP contribution is 2.29. The van der Waals surface area contributed by atoms with Gasteiger partial charge in [0.1, 0.15) is 12.7 Å². The van der Waals surface area contributed by atoms with E-state index >= 15 is 0 Å². The van der Waals surface area contributed by atoms with Crippen molar-refractivity contribution in [2.45, 2.75) is 25.6 Å². The lowest BCUT2D eigenvalue weighted by atomic mass is 10.0. The molecule has 0 N–H and O–H groups in total. The Morgan fingerprint density at radius 2 is 1.75 bits per heavy atom. The van der Waals surface area contributed by atoms with E-state index in [1.54, 1.807) is 23.0 Å². The van der Waals surface area contributed by atoms with Crippen molar-refractivity contribution in [3.63, 3.8) is 0 Å². The second kappa shape index (κ2) is 7.84. The number of likely N-dealkylation sites (N-methyl/N-ethyl adjacent to an activating group) is 1. The van der Waals surface area contributed by atoms with Gasteiger partial charge in [-0.2, -0.15) is 18.3 Å². The molecule has 5 nitrogen and oxygen atoms in total. The zero-order valence-corrected chi connectivity index (χ0v) is 15.4. The summed E-state index contributed by atoms with van der Waals surface area (Å²) in [5.41, 5.74) is 1.61. The van der Waals surface area contributed by atoms with Crippen molar-refractivity contribution in [2.24, 2.45) is 0 Å². The van der Waals surface area contributed by atoms with Crippen LogP contribution in [0.15, 0.2) is 61.2 Å². The van der Waals surface area contributed by atoms with Crippen LogP contribution >= 0.6 is 0 Å². The van der Waals surface area contributed by atoms with Gasteiger partial charge >= 0.3 is 6.18 Å². The lowest BCUT2D eigenvalue weighted by Gasteiger charge is -2.25. The molecular formula is C20H19F3N4O. The lowest BCUT2D eigenvalue weighted by Crippen LogP contribution is -2.31. The predicted molar refractivity (Wildman–Crippen MR) is 97.7 cm³/mol. The Balaban J connectivity index is 1.65. The van der Waals surface area contributed by atoms with Crippen molar-refractivity contribution in [1.82, 2.24) is 19.7 Å². The Bertz CT molecular complexity index is 920. The third-order valence-electron chi connectivity index (χ3n) is 4.67. The van der Waals surface area contributed by atoms with E-state index in [0.717, 1.165) is 23.4 Å². The van der Waals surface area contributed by atoms with Crippen LogP contribution in [0.5, 0.6) is 0 Å². The highest BCUT2D eigenvalue weighted by Gasteiger charge is 2.30. The standard InChI is InChI=1S/C20H19F3N4O/c1-14(16-5-9-18(10-6-16)27-13-24-12-25-27)26(2)19(28)11-15-3-7-17(8-4-15)20(21,22)23/h3-10,12-14H,11H2,1-2H3/t14-/m0/s1. The molecule has 0 bridgehead atoms. The van der Waals surface area contributed by atoms with Crippen molar-refractivity contribution in [3.8, 4) is 5.69 Å². The first kappa shape index (κ1) is 19.6. The Hall–Kier alpha value is -3.16. The van der Waals surface area contributed by atoms with Crippen LogP contribution < -0.4 is 0 Å². The average Bonchev–Trinajstić information content (AvgIpc) is 3.21. The summed E-state index contributed by atoms with van der Waals surface area (Å²) in [5.74, 6) is -0.174. The first-order chi connectivity index (χ1) is 13.3. The van der Waals surface area contributed by atoms with Gasteiger partial charge in [-0.05, 0) is 42.3 Å². The maximum absolute atomic E-state index is 12.6. The number of amides is 1. The van der Waals surface area contributed by atoms with Gasteiger partial charge < -0.3 is 4.90 Å². The van der Waals surface area contributed by atoms with E-state index in [0.29, 0.717) is 5.56 Å². The number of rotatable bonds is 5. The van der Waals surface area contributed by atoms with Crippen LogP contribution in [-0.2, 0) is 17.4 Å². The van der Waals surface area contributed by atoms with Crippen molar-refractivity contribution in [2.75, 3.05) is 7.05 Å². The molecule has 1 aromatic heterocycles. The van der Waals surface area contributed by atoms with Gasteiger partial charge in [-0.3, -0.25) is 4.79 Å². The molecule has 8 heteroatoms. The Morgan fingerprint density at radius 1 is 1.11 bits per heavy atom. The number of nitrogens with zero attached hydrogens (tertiary/aromatic N) is 4. The second-order valence-corrected chi connectivity index (χ2v) is 6.48. The fourth-order valence-corrected chi connectivity index (χ4v) is 2.80. The highest BCUT2D eigenvalue weighted by atomic mass is 19.4. The first-order valence-electron chi connectivity index (χ1n) is 8.62. The second-order valence-electron chi connectivity index (χ2n) is 6.48. The molecule has 0 aliphatic carbocycles. The van der Waals surface area contributed by atoms with Crippen LogP contribution in [0.3, 0.4) is 0 Å². The van der Waals surface area contributed by atoms with Gasteiger partial charge in [0.2, 0.25) is 5.91 Å². The predicted octanol–water partition coefficient (Wildman–Crippen LogP) is 4.05. The summed E-state index contributed by atoms with van der Waals surface area (Å²) in [7, 11) is 1.68. The van der Waals surface area contributed by atoms with Crippen molar-refractivity contribution >= 4 is 5.91 Å². The van der Waals surface area contributed by atoms with Gasteiger partial charge in [0.15, 0.2) is 0 Å². The summed E-state index contributed by atoms with van der Waals surface area (Å²) >= 11 is 0. The molecule has 2 aromatic carbocycles. The number of carbonyl (C=O) groups is 1. The van der Waals surface area contributed by atoms with Crippen LogP contribution in [0.1, 0.15) is 29.7 Å². The number of hydrogen-bond donors (Lipinski definition) is 0. The average molecular weight is 388 g/mol. The number of aromatic nitrogens is 3. The monoisotopic (exact) mass is 388 g/mol. The quantitative estimate of drug-likeness (QED) is 0.663. The Kier molecular flexibility index (Phi) is 5.48. The van der Waals surface area contributed by atoms with Gasteiger partial charge in [-0.1, -0.05) is 24.3 Å². The number of hydrogen-bond acceptors (Lipinski definition) is 3. The van der Waals surface area contributed by atoms with Gasteiger partial charge in [0.05, 0.1) is 23.7 Å². The van der Waals surface area contributed by atoms with Crippen LogP contribution in [0.2, 0.25) is 0 Å². The minimum absolute atomic E-state index is 0.0377. The highest BCUT2D eigenvalue weighted by molar-refractivity contribution is 5.79. The molecule has 0 aliphatic heterocycles. The number of benzene rings is 2. The summed E-state index contributed by atoms with van der Waals surface area (Å²) in [6.07, 6.45) is -1.30. The SMILES string of the molecule is C[C@@H](c1ccc(-n2cncn2)cc1)N(C)C(=O)Cc1ccc(C(F)(F)F)cc1. The molecule has 0 fully saturated rings. The van der Waals surface area contributed by atoms with Gasteiger partial charge in [0, 0.05) is 7.05 Å². The summed E-state index contributed by atoms with van der Waals surface area (Å²) in [6, 6.07) is 12.1. The third-order valence-corrected chi connectivity index (χ3v) is 4.67. The third kappa shape index (κ3) is 4.39. The van der Waals surface area contributed by atoms with Gasteiger partial charge in [-0.25, -0.2) is 9.67 Å². The molecule has 0 spiro atoms. The molecule has 0 saturated heterocycles. The normalized spacial score (nSPS) is 12.6. The van der Waals surface area contributed by atoms with Crippen LogP contribution in [-0.4, -0.2) is 32.6 Å². The molecule has 1 heterocycles. The summed E-state index contributed by atoms with van der Waals surface area (Å²) in [5, 5.41) is 4.06. The number of carbonyl (C=O) groups excluding carboxylic acids is 1. The van der Waals surface area contributed by atoms with Gasteiger partial charge in [0.25, 0.3) is 0 Å². The number of halogens is 3. The van der Waals surface area contributed by atoms with E-state index in [1.165, 1.54) is 18.5 Å². The van der Waals surface area contributed by atoms with E-state index in [9.17, 15) is 18.0 Å². The van der Waals surface area contributed by atoms with Crippen molar-refractivity contribution < 1.29 is 18.0 Å². The van der Waals surface area contributed by atoms with Crippen molar-refractivity contribution in [3.05, 3.63) is 77.9 Å². The van der Waals surface area contributed by atoms with Crippen LogP contribution in [0, 0.1) is 0 Å². The fourth-order valence-electron chi connectivity index (χ4n) is 2.80. The van der Waals surface area contributed by atoms with Gasteiger partial charge in [-0.15, -0.1) is 0 Å². The van der Waals surface area contributed by atoms with Crippen molar-refractivity contribution in [1.29, 1.82) is 0 Å². The van der Waals surface area contributed by atoms with Crippen LogP contribution in [0.25, 0.3) is 5.69 Å². The minimum Gasteiger partial charge on any atom is -0.339 e. The van der Waals surface area contributed by atoms with E-state index in [1.807, 2.05) is 31.2 Å². The van der Waals surface area contributed by atoms with E-state index < -0.39 is 11.7 Å². The molecular weight excluding hydrogens is 369 g/mol. The minimum atomic E-state index is -4.38. The molecule has 1 amide bonds. The summed E-state index contributed by atoms with van der Waals surface area (Å²) < 4.78 is 39.5.